The first-order valence-corrected chi connectivity index (χ1v) is 18.1. The van der Waals surface area contributed by atoms with Crippen molar-refractivity contribution in [3.63, 3.8) is 0 Å². The maximum atomic E-state index is 13.1. The van der Waals surface area contributed by atoms with E-state index in [4.69, 9.17) is 20.5 Å². The fourth-order valence-electron chi connectivity index (χ4n) is 5.96. The lowest BCUT2D eigenvalue weighted by Gasteiger charge is -2.51. The van der Waals surface area contributed by atoms with E-state index in [0.29, 0.717) is 13.1 Å². The zero-order valence-electron chi connectivity index (χ0n) is 27.7. The summed E-state index contributed by atoms with van der Waals surface area (Å²) in [6.45, 7) is 6.58. The highest BCUT2D eigenvalue weighted by Crippen LogP contribution is 2.54. The summed E-state index contributed by atoms with van der Waals surface area (Å²) in [4.78, 5) is 39.4. The molecule has 0 bridgehead atoms. The van der Waals surface area contributed by atoms with E-state index in [2.05, 4.69) is 56.0 Å². The van der Waals surface area contributed by atoms with Crippen molar-refractivity contribution in [3.05, 3.63) is 113 Å². The summed E-state index contributed by atoms with van der Waals surface area (Å²) in [6, 6.07) is 20.2. The van der Waals surface area contributed by atoms with Crippen LogP contribution in [0.3, 0.4) is 0 Å². The summed E-state index contributed by atoms with van der Waals surface area (Å²) in [5.41, 5.74) is 1.85. The lowest BCUT2D eigenvalue weighted by Crippen LogP contribution is -2.57. The van der Waals surface area contributed by atoms with Gasteiger partial charge >= 0.3 is 6.87 Å². The van der Waals surface area contributed by atoms with Crippen LogP contribution in [-0.4, -0.2) is 74.9 Å². The molecule has 1 amide bonds. The van der Waals surface area contributed by atoms with E-state index in [1.54, 1.807) is 32.5 Å². The maximum absolute atomic E-state index is 13.1. The van der Waals surface area contributed by atoms with Crippen LogP contribution in [0.15, 0.2) is 96.1 Å². The van der Waals surface area contributed by atoms with Gasteiger partial charge in [-0.25, -0.2) is 9.65 Å². The van der Waals surface area contributed by atoms with Crippen molar-refractivity contribution in [2.45, 2.75) is 38.6 Å². The molecule has 254 valence electrons. The molecule has 0 aliphatic carbocycles. The van der Waals surface area contributed by atoms with Gasteiger partial charge in [0.1, 0.15) is 6.23 Å². The second kappa shape index (κ2) is 14.7. The van der Waals surface area contributed by atoms with Crippen molar-refractivity contribution in [2.24, 2.45) is 5.92 Å². The monoisotopic (exact) mass is 693 g/mol. The van der Waals surface area contributed by atoms with Crippen LogP contribution in [0.2, 0.25) is 0 Å². The highest BCUT2D eigenvalue weighted by molar-refractivity contribution is 7.83. The summed E-state index contributed by atoms with van der Waals surface area (Å²) in [7, 11) is 3.17. The van der Waals surface area contributed by atoms with Crippen molar-refractivity contribution in [1.29, 1.82) is 0 Å². The molecule has 0 spiro atoms. The zero-order chi connectivity index (χ0) is 34.6. The number of aromatic amines is 1. The molecular weight excluding hydrogens is 653 g/mol. The number of carbonyl (C=O) groups excluding carboxylic acids is 1. The topological polar surface area (TPSA) is 135 Å². The van der Waals surface area contributed by atoms with Gasteiger partial charge in [-0.05, 0) is 49.0 Å². The molecule has 0 saturated carbocycles. The summed E-state index contributed by atoms with van der Waals surface area (Å²) in [5.74, 6) is -0.631. The molecule has 1 aliphatic heterocycles. The molecule has 0 radical (unpaired) electrons. The number of nitrogens with one attached hydrogen (secondary N) is 2. The van der Waals surface area contributed by atoms with E-state index < -0.39 is 30.3 Å². The second-order valence-electron chi connectivity index (χ2n) is 12.0. The average molecular weight is 694 g/mol. The van der Waals surface area contributed by atoms with Crippen LogP contribution < -0.4 is 10.9 Å². The summed E-state index contributed by atoms with van der Waals surface area (Å²) in [6.07, 6.45) is 3.98. The zero-order valence-corrected chi connectivity index (χ0v) is 29.3. The number of anilines is 1. The van der Waals surface area contributed by atoms with Gasteiger partial charge < -0.3 is 9.26 Å². The van der Waals surface area contributed by atoms with Gasteiger partial charge in [-0.2, -0.15) is 4.98 Å². The van der Waals surface area contributed by atoms with Gasteiger partial charge in [0.2, 0.25) is 11.9 Å². The lowest BCUT2D eigenvalue weighted by molar-refractivity contribution is -0.145. The van der Waals surface area contributed by atoms with Crippen molar-refractivity contribution in [3.8, 4) is 0 Å². The Bertz CT molecular complexity index is 1850. The number of fused-ring (bicyclic) bond motifs is 1. The first kappa shape index (κ1) is 35.4. The molecule has 1 saturated heterocycles. The fraction of sp³-hybridized carbons (Fsp3) is 0.353. The molecule has 2 aromatic heterocycles. The highest BCUT2D eigenvalue weighted by atomic mass is 35.7. The highest BCUT2D eigenvalue weighted by Gasteiger charge is 2.47. The number of rotatable bonds is 12. The Hall–Kier alpha value is -3.90. The Kier molecular flexibility index (Phi) is 10.8. The van der Waals surface area contributed by atoms with Crippen LogP contribution >= 0.6 is 18.1 Å². The number of amides is 1. The Labute approximate surface area is 284 Å². The fourth-order valence-corrected chi connectivity index (χ4v) is 6.72. The minimum absolute atomic E-state index is 0.000313. The number of nitrogens with zero attached hydrogens (tertiary/aromatic N) is 5. The van der Waals surface area contributed by atoms with Crippen LogP contribution in [0.1, 0.15) is 38.1 Å². The van der Waals surface area contributed by atoms with E-state index in [1.807, 2.05) is 55.5 Å². The molecule has 1 fully saturated rings. The van der Waals surface area contributed by atoms with Gasteiger partial charge in [0.05, 0.1) is 24.6 Å². The number of allylic oxidation sites excluding steroid dienone is 1. The Morgan fingerprint density at radius 2 is 1.81 bits per heavy atom. The van der Waals surface area contributed by atoms with Crippen molar-refractivity contribution >= 4 is 41.1 Å². The van der Waals surface area contributed by atoms with Crippen molar-refractivity contribution < 1.29 is 18.6 Å². The molecular formula is C34H41ClN7O5P. The number of halogens is 1. The minimum atomic E-state index is -3.63. The SMILES string of the molecule is C=C/C(=C\C)C(c1ccccc1)(c1ccccc1)N1C[C@@H](COP(=O)(Cl)N(C)C)O[C@@H](n2cnc3c(=O)[nH]c(NC(=O)C(C)C)nc32)C1. The number of hydrogen-bond acceptors (Lipinski definition) is 8. The number of ether oxygens (including phenoxy) is 1. The number of benzene rings is 2. The van der Waals surface area contributed by atoms with Crippen LogP contribution in [0.5, 0.6) is 0 Å². The lowest BCUT2D eigenvalue weighted by atomic mass is 9.74. The van der Waals surface area contributed by atoms with Crippen LogP contribution in [-0.2, 0) is 24.2 Å². The number of aromatic nitrogens is 4. The van der Waals surface area contributed by atoms with Gasteiger partial charge in [-0.1, -0.05) is 93.2 Å². The second-order valence-corrected chi connectivity index (χ2v) is 15.2. The quantitative estimate of drug-likeness (QED) is 0.137. The molecule has 3 atom stereocenters. The van der Waals surface area contributed by atoms with E-state index in [0.717, 1.165) is 16.7 Å². The number of carbonyl (C=O) groups is 1. The molecule has 4 aromatic rings. The predicted octanol–water partition coefficient (Wildman–Crippen LogP) is 5.91. The smallest absolute Gasteiger partial charge is 0.350 e. The van der Waals surface area contributed by atoms with Gasteiger partial charge in [0.25, 0.3) is 5.56 Å². The molecule has 1 unspecified atom stereocenters. The maximum Gasteiger partial charge on any atom is 0.362 e. The van der Waals surface area contributed by atoms with Crippen molar-refractivity contribution in [1.82, 2.24) is 29.1 Å². The van der Waals surface area contributed by atoms with Crippen LogP contribution in [0.25, 0.3) is 11.2 Å². The van der Waals surface area contributed by atoms with Crippen LogP contribution in [0, 0.1) is 5.92 Å². The first-order chi connectivity index (χ1) is 22.9. The molecule has 3 heterocycles. The molecule has 2 N–H and O–H groups in total. The third-order valence-electron chi connectivity index (χ3n) is 8.36. The minimum Gasteiger partial charge on any atom is -0.350 e. The van der Waals surface area contributed by atoms with Crippen LogP contribution in [0.4, 0.5) is 5.95 Å². The van der Waals surface area contributed by atoms with E-state index in [9.17, 15) is 14.2 Å². The third kappa shape index (κ3) is 6.96. The normalized spacial score (nSPS) is 19.0. The third-order valence-corrected chi connectivity index (χ3v) is 11.0. The first-order valence-electron chi connectivity index (χ1n) is 15.6. The Morgan fingerprint density at radius 1 is 1.19 bits per heavy atom. The molecule has 2 aromatic carbocycles. The van der Waals surface area contributed by atoms with Gasteiger partial charge in [-0.3, -0.25) is 33.9 Å². The molecule has 48 heavy (non-hydrogen) atoms. The Balaban J connectivity index is 1.69. The van der Waals surface area contributed by atoms with Gasteiger partial charge in [0, 0.05) is 19.0 Å². The number of hydrogen-bond donors (Lipinski definition) is 2. The number of H-pyrrole nitrogens is 1. The molecule has 5 rings (SSSR count). The Morgan fingerprint density at radius 3 is 2.35 bits per heavy atom. The predicted molar refractivity (Wildman–Crippen MR) is 188 cm³/mol. The van der Waals surface area contributed by atoms with Gasteiger partial charge in [0.15, 0.2) is 11.2 Å². The summed E-state index contributed by atoms with van der Waals surface area (Å²) in [5, 5.41) is 2.67. The van der Waals surface area contributed by atoms with E-state index in [-0.39, 0.29) is 35.5 Å². The molecule has 14 heteroatoms. The number of morpholine rings is 1. The summed E-state index contributed by atoms with van der Waals surface area (Å²) < 4.78 is 28.5. The van der Waals surface area contributed by atoms with E-state index in [1.165, 1.54) is 11.0 Å². The largest absolute Gasteiger partial charge is 0.362 e. The van der Waals surface area contributed by atoms with Crippen molar-refractivity contribution in [2.75, 3.05) is 39.1 Å². The standard InChI is InChI=1S/C34H41ClN7O5P/c1-7-24(8-2)34(25-15-11-9-12-16-25,26-17-13-10-14-18-26)41-19-27(21-46-48(35,45)40(5)6)47-28(20-41)42-22-36-29-30(42)37-33(39-32(29)44)38-31(43)23(3)4/h7-18,22-23,27-28H,1,19-21H2,2-6H3,(H2,37,38,39,43,44)/b24-8+/t27-,28+,48?/m0/s1. The van der Waals surface area contributed by atoms with Gasteiger partial charge in [-0.15, -0.1) is 0 Å². The molecule has 1 aliphatic rings. The van der Waals surface area contributed by atoms with E-state index >= 15 is 0 Å². The summed E-state index contributed by atoms with van der Waals surface area (Å²) >= 11 is 6.29. The number of imidazole rings is 1. The average Bonchev–Trinajstić information content (AvgIpc) is 3.51. The molecule has 12 nitrogen and oxygen atoms in total.